The maximum absolute atomic E-state index is 5.56. The van der Waals surface area contributed by atoms with E-state index in [1.807, 2.05) is 6.20 Å². The van der Waals surface area contributed by atoms with E-state index >= 15 is 0 Å². The molecule has 2 N–H and O–H groups in total. The first kappa shape index (κ1) is 9.26. The van der Waals surface area contributed by atoms with Crippen LogP contribution in [0.4, 0.5) is 0 Å². The van der Waals surface area contributed by atoms with E-state index < -0.39 is 0 Å². The smallest absolute Gasteiger partial charge is 0.122 e. The fraction of sp³-hybridized carbons (Fsp3) is 0.667. The van der Waals surface area contributed by atoms with Gasteiger partial charge in [0.25, 0.3) is 0 Å². The van der Waals surface area contributed by atoms with Gasteiger partial charge in [-0.1, -0.05) is 13.8 Å². The first-order valence-electron chi connectivity index (χ1n) is 4.36. The van der Waals surface area contributed by atoms with Gasteiger partial charge in [0, 0.05) is 18.4 Å². The van der Waals surface area contributed by atoms with Crippen molar-refractivity contribution in [1.82, 2.24) is 9.55 Å². The summed E-state index contributed by atoms with van der Waals surface area (Å²) in [5, 5.41) is 0. The van der Waals surface area contributed by atoms with Gasteiger partial charge in [-0.05, 0) is 12.8 Å². The summed E-state index contributed by atoms with van der Waals surface area (Å²) in [7, 11) is 0. The second-order valence-corrected chi connectivity index (χ2v) is 3.52. The lowest BCUT2D eigenvalue weighted by Crippen LogP contribution is -2.12. The minimum absolute atomic E-state index is 0.528. The normalized spacial score (nSPS) is 11.1. The van der Waals surface area contributed by atoms with Crippen molar-refractivity contribution in [3.63, 3.8) is 0 Å². The number of hydrogen-bond acceptors (Lipinski definition) is 2. The van der Waals surface area contributed by atoms with Crippen LogP contribution in [0.3, 0.4) is 0 Å². The molecule has 0 atom stereocenters. The number of nitrogens with two attached hydrogens (primary N) is 1. The Morgan fingerprint density at radius 2 is 2.25 bits per heavy atom. The molecule has 68 valence electrons. The van der Waals surface area contributed by atoms with Crippen LogP contribution in [0.15, 0.2) is 6.20 Å². The molecule has 0 bridgehead atoms. The Hall–Kier alpha value is -0.830. The van der Waals surface area contributed by atoms with Crippen LogP contribution in [-0.4, -0.2) is 9.55 Å². The number of nitrogens with zero attached hydrogens (tertiary/aromatic N) is 2. The maximum atomic E-state index is 5.56. The number of aromatic nitrogens is 2. The van der Waals surface area contributed by atoms with E-state index in [2.05, 4.69) is 30.3 Å². The molecule has 0 fully saturated rings. The molecule has 1 heterocycles. The Morgan fingerprint density at radius 3 is 2.75 bits per heavy atom. The molecular weight excluding hydrogens is 150 g/mol. The monoisotopic (exact) mass is 167 g/mol. The highest BCUT2D eigenvalue weighted by Crippen LogP contribution is 2.07. The molecule has 0 aromatic carbocycles. The van der Waals surface area contributed by atoms with Crippen LogP contribution in [0.25, 0.3) is 0 Å². The van der Waals surface area contributed by atoms with Gasteiger partial charge in [0.05, 0.1) is 6.54 Å². The van der Waals surface area contributed by atoms with Gasteiger partial charge in [-0.25, -0.2) is 4.98 Å². The predicted octanol–water partition coefficient (Wildman–Crippen LogP) is 1.31. The molecular formula is C9H17N3. The molecule has 0 saturated heterocycles. The van der Waals surface area contributed by atoms with Gasteiger partial charge in [0.15, 0.2) is 0 Å². The Labute approximate surface area is 73.6 Å². The summed E-state index contributed by atoms with van der Waals surface area (Å²) in [6.07, 6.45) is 1.88. The molecule has 1 rings (SSSR count). The second-order valence-electron chi connectivity index (χ2n) is 3.52. The van der Waals surface area contributed by atoms with Gasteiger partial charge in [-0.15, -0.1) is 0 Å². The zero-order valence-electron chi connectivity index (χ0n) is 8.04. The summed E-state index contributed by atoms with van der Waals surface area (Å²) in [6.45, 7) is 7.99. The summed E-state index contributed by atoms with van der Waals surface area (Å²) < 4.78 is 2.19. The third-order valence-electron chi connectivity index (χ3n) is 1.87. The predicted molar refractivity (Wildman–Crippen MR) is 49.7 cm³/mol. The second kappa shape index (κ2) is 3.72. The fourth-order valence-corrected chi connectivity index (χ4v) is 1.29. The first-order valence-corrected chi connectivity index (χ1v) is 4.36. The Morgan fingerprint density at radius 1 is 1.58 bits per heavy atom. The SMILES string of the molecule is Cc1cnc(CN)n1CC(C)C. The van der Waals surface area contributed by atoms with Crippen LogP contribution in [0.2, 0.25) is 0 Å². The van der Waals surface area contributed by atoms with Crippen molar-refractivity contribution >= 4 is 0 Å². The van der Waals surface area contributed by atoms with Crippen molar-refractivity contribution < 1.29 is 0 Å². The summed E-state index contributed by atoms with van der Waals surface area (Å²) >= 11 is 0. The third kappa shape index (κ3) is 1.85. The average molecular weight is 167 g/mol. The largest absolute Gasteiger partial charge is 0.331 e. The van der Waals surface area contributed by atoms with Gasteiger partial charge < -0.3 is 10.3 Å². The molecule has 1 aromatic heterocycles. The molecule has 0 spiro atoms. The zero-order chi connectivity index (χ0) is 9.14. The van der Waals surface area contributed by atoms with Gasteiger partial charge in [-0.2, -0.15) is 0 Å². The molecule has 0 aliphatic rings. The highest BCUT2D eigenvalue weighted by atomic mass is 15.1. The van der Waals surface area contributed by atoms with Crippen LogP contribution in [0, 0.1) is 12.8 Å². The molecule has 0 aliphatic carbocycles. The van der Waals surface area contributed by atoms with Crippen molar-refractivity contribution in [3.05, 3.63) is 17.7 Å². The summed E-state index contributed by atoms with van der Waals surface area (Å²) in [4.78, 5) is 4.23. The van der Waals surface area contributed by atoms with Crippen LogP contribution < -0.4 is 5.73 Å². The lowest BCUT2D eigenvalue weighted by Gasteiger charge is -2.11. The molecule has 1 aromatic rings. The molecule has 0 radical (unpaired) electrons. The molecule has 12 heavy (non-hydrogen) atoms. The average Bonchev–Trinajstić information content (AvgIpc) is 2.32. The Balaban J connectivity index is 2.86. The van der Waals surface area contributed by atoms with E-state index in [0.29, 0.717) is 12.5 Å². The van der Waals surface area contributed by atoms with E-state index in [9.17, 15) is 0 Å². The van der Waals surface area contributed by atoms with Gasteiger partial charge in [-0.3, -0.25) is 0 Å². The fourth-order valence-electron chi connectivity index (χ4n) is 1.29. The number of imidazole rings is 1. The lowest BCUT2D eigenvalue weighted by molar-refractivity contribution is 0.500. The van der Waals surface area contributed by atoms with Crippen LogP contribution >= 0.6 is 0 Å². The number of hydrogen-bond donors (Lipinski definition) is 1. The van der Waals surface area contributed by atoms with E-state index in [0.717, 1.165) is 12.4 Å². The van der Waals surface area contributed by atoms with Crippen molar-refractivity contribution in [3.8, 4) is 0 Å². The molecule has 0 amide bonds. The quantitative estimate of drug-likeness (QED) is 0.737. The zero-order valence-corrected chi connectivity index (χ0v) is 8.04. The standard InChI is InChI=1S/C9H17N3/c1-7(2)6-12-8(3)5-11-9(12)4-10/h5,7H,4,6,10H2,1-3H3. The highest BCUT2D eigenvalue weighted by Gasteiger charge is 2.05. The van der Waals surface area contributed by atoms with Gasteiger partial charge >= 0.3 is 0 Å². The maximum Gasteiger partial charge on any atom is 0.122 e. The van der Waals surface area contributed by atoms with E-state index in [1.54, 1.807) is 0 Å². The van der Waals surface area contributed by atoms with E-state index in [1.165, 1.54) is 5.69 Å². The van der Waals surface area contributed by atoms with E-state index in [-0.39, 0.29) is 0 Å². The summed E-state index contributed by atoms with van der Waals surface area (Å²) in [5.74, 6) is 1.63. The van der Waals surface area contributed by atoms with Crippen LogP contribution in [-0.2, 0) is 13.1 Å². The van der Waals surface area contributed by atoms with E-state index in [4.69, 9.17) is 5.73 Å². The molecule has 0 saturated carbocycles. The Bertz CT molecular complexity index is 250. The van der Waals surface area contributed by atoms with Gasteiger partial charge in [0.1, 0.15) is 5.82 Å². The molecule has 3 nitrogen and oxygen atoms in total. The number of rotatable bonds is 3. The van der Waals surface area contributed by atoms with Crippen molar-refractivity contribution in [2.45, 2.75) is 33.9 Å². The minimum Gasteiger partial charge on any atom is -0.331 e. The molecule has 3 heteroatoms. The highest BCUT2D eigenvalue weighted by molar-refractivity contribution is 5.03. The lowest BCUT2D eigenvalue weighted by atomic mass is 10.2. The number of aryl methyl sites for hydroxylation is 1. The minimum atomic E-state index is 0.528. The summed E-state index contributed by atoms with van der Waals surface area (Å²) in [5.41, 5.74) is 6.75. The van der Waals surface area contributed by atoms with Crippen LogP contribution in [0.5, 0.6) is 0 Å². The van der Waals surface area contributed by atoms with Crippen molar-refractivity contribution in [1.29, 1.82) is 0 Å². The topological polar surface area (TPSA) is 43.8 Å². The van der Waals surface area contributed by atoms with Crippen LogP contribution in [0.1, 0.15) is 25.4 Å². The van der Waals surface area contributed by atoms with Crippen molar-refractivity contribution in [2.75, 3.05) is 0 Å². The molecule has 0 unspecified atom stereocenters. The third-order valence-corrected chi connectivity index (χ3v) is 1.87. The Kier molecular flexibility index (Phi) is 2.87. The molecule has 0 aliphatic heterocycles. The van der Waals surface area contributed by atoms with Gasteiger partial charge in [0.2, 0.25) is 0 Å². The van der Waals surface area contributed by atoms with Crippen molar-refractivity contribution in [2.24, 2.45) is 11.7 Å². The first-order chi connectivity index (χ1) is 5.65. The summed E-state index contributed by atoms with van der Waals surface area (Å²) in [6, 6.07) is 0.